The largest absolute Gasteiger partial charge is 0.481 e. The highest BCUT2D eigenvalue weighted by Crippen LogP contribution is 2.24. The van der Waals surface area contributed by atoms with Crippen LogP contribution in [0.25, 0.3) is 0 Å². The molecule has 1 unspecified atom stereocenters. The van der Waals surface area contributed by atoms with E-state index in [4.69, 9.17) is 24.1 Å². The van der Waals surface area contributed by atoms with Crippen LogP contribution in [0.3, 0.4) is 0 Å². The van der Waals surface area contributed by atoms with Crippen LogP contribution in [0, 0.1) is 0 Å². The van der Waals surface area contributed by atoms with Gasteiger partial charge in [-0.25, -0.2) is 0 Å². The predicted molar refractivity (Wildman–Crippen MR) is 81.4 cm³/mol. The number of carboxylic acids is 1. The normalized spacial score (nSPS) is 11.7. The Hall–Kier alpha value is -2.12. The highest BCUT2D eigenvalue weighted by molar-refractivity contribution is 5.83. The Kier molecular flexibility index (Phi) is 8.71. The Bertz CT molecular complexity index is 484. The molecule has 0 aromatic heterocycles. The molecular weight excluding hydrogens is 304 g/mol. The lowest BCUT2D eigenvalue weighted by atomic mass is 9.96. The van der Waals surface area contributed by atoms with Crippen LogP contribution in [0.15, 0.2) is 24.3 Å². The summed E-state index contributed by atoms with van der Waals surface area (Å²) in [5.74, 6) is -1.88. The zero-order valence-electron chi connectivity index (χ0n) is 13.3. The minimum Gasteiger partial charge on any atom is -0.481 e. The number of carboxylic acid groups (broad SMARTS) is 1. The molecule has 0 saturated heterocycles. The Balaban J connectivity index is 2.63. The number of benzene rings is 1. The van der Waals surface area contributed by atoms with Crippen molar-refractivity contribution < 1.29 is 33.6 Å². The average Bonchev–Trinajstić information content (AvgIpc) is 2.53. The molecule has 0 aliphatic rings. The first kappa shape index (κ1) is 18.9. The molecule has 0 bridgehead atoms. The Morgan fingerprint density at radius 3 is 2.43 bits per heavy atom. The standard InChI is InChI=1S/C16H22O7/c1-3-22-16(19)14(10-15(17)18)12-4-6-13(7-5-12)23-11-21-9-8-20-2/h4-7,14H,3,8-11H2,1-2H3,(H,17,18). The van der Waals surface area contributed by atoms with Gasteiger partial charge in [-0.15, -0.1) is 0 Å². The van der Waals surface area contributed by atoms with Gasteiger partial charge in [0.25, 0.3) is 0 Å². The van der Waals surface area contributed by atoms with Crippen molar-refractivity contribution >= 4 is 11.9 Å². The maximum absolute atomic E-state index is 11.9. The Morgan fingerprint density at radius 1 is 1.17 bits per heavy atom. The first-order chi connectivity index (χ1) is 11.1. The van der Waals surface area contributed by atoms with Crippen LogP contribution in [0.2, 0.25) is 0 Å². The second-order valence-electron chi connectivity index (χ2n) is 4.63. The van der Waals surface area contributed by atoms with Crippen LogP contribution >= 0.6 is 0 Å². The van der Waals surface area contributed by atoms with E-state index >= 15 is 0 Å². The SMILES string of the molecule is CCOC(=O)C(CC(=O)O)c1ccc(OCOCCOC)cc1. The summed E-state index contributed by atoms with van der Waals surface area (Å²) in [6.45, 7) is 2.88. The van der Waals surface area contributed by atoms with E-state index in [1.54, 1.807) is 38.3 Å². The molecule has 0 saturated carbocycles. The minimum atomic E-state index is -1.06. The van der Waals surface area contributed by atoms with Gasteiger partial charge in [0.2, 0.25) is 0 Å². The van der Waals surface area contributed by atoms with Crippen molar-refractivity contribution in [2.45, 2.75) is 19.3 Å². The number of methoxy groups -OCH3 is 1. The summed E-state index contributed by atoms with van der Waals surface area (Å²) < 4.78 is 20.3. The number of ether oxygens (including phenoxy) is 4. The van der Waals surface area contributed by atoms with E-state index in [-0.39, 0.29) is 19.8 Å². The molecule has 1 atom stereocenters. The second kappa shape index (κ2) is 10.6. The van der Waals surface area contributed by atoms with Crippen molar-refractivity contribution in [3.05, 3.63) is 29.8 Å². The molecule has 0 aliphatic heterocycles. The van der Waals surface area contributed by atoms with Crippen molar-refractivity contribution in [1.29, 1.82) is 0 Å². The van der Waals surface area contributed by atoms with E-state index in [2.05, 4.69) is 0 Å². The summed E-state index contributed by atoms with van der Waals surface area (Å²) in [6, 6.07) is 6.61. The third kappa shape index (κ3) is 7.12. The molecule has 1 N–H and O–H groups in total. The number of hydrogen-bond donors (Lipinski definition) is 1. The molecule has 0 spiro atoms. The van der Waals surface area contributed by atoms with Gasteiger partial charge in [0.05, 0.1) is 32.2 Å². The molecule has 0 radical (unpaired) electrons. The molecule has 23 heavy (non-hydrogen) atoms. The predicted octanol–water partition coefficient (Wildman–Crippen LogP) is 1.81. The van der Waals surface area contributed by atoms with Gasteiger partial charge in [-0.05, 0) is 24.6 Å². The van der Waals surface area contributed by atoms with E-state index in [1.165, 1.54) is 0 Å². The lowest BCUT2D eigenvalue weighted by Gasteiger charge is -2.14. The van der Waals surface area contributed by atoms with Crippen molar-refractivity contribution in [3.63, 3.8) is 0 Å². The quantitative estimate of drug-likeness (QED) is 0.377. The highest BCUT2D eigenvalue weighted by Gasteiger charge is 2.24. The van der Waals surface area contributed by atoms with E-state index in [9.17, 15) is 9.59 Å². The molecule has 0 heterocycles. The summed E-state index contributed by atoms with van der Waals surface area (Å²) in [5, 5.41) is 8.94. The summed E-state index contributed by atoms with van der Waals surface area (Å²) in [7, 11) is 1.58. The maximum atomic E-state index is 11.9. The summed E-state index contributed by atoms with van der Waals surface area (Å²) in [4.78, 5) is 22.8. The number of carbonyl (C=O) groups excluding carboxylic acids is 1. The molecule has 128 valence electrons. The van der Waals surface area contributed by atoms with Crippen molar-refractivity contribution in [2.24, 2.45) is 0 Å². The first-order valence-electron chi connectivity index (χ1n) is 7.26. The van der Waals surface area contributed by atoms with Crippen LogP contribution in [0.5, 0.6) is 5.75 Å². The van der Waals surface area contributed by atoms with E-state index in [1.807, 2.05) is 0 Å². The topological polar surface area (TPSA) is 91.3 Å². The van der Waals surface area contributed by atoms with Crippen LogP contribution in [0.1, 0.15) is 24.8 Å². The van der Waals surface area contributed by atoms with Gasteiger partial charge in [-0.3, -0.25) is 9.59 Å². The number of aliphatic carboxylic acids is 1. The van der Waals surface area contributed by atoms with E-state index < -0.39 is 17.9 Å². The van der Waals surface area contributed by atoms with Crippen LogP contribution in [-0.4, -0.2) is 50.8 Å². The molecule has 7 heteroatoms. The summed E-state index contributed by atoms with van der Waals surface area (Å²) >= 11 is 0. The average molecular weight is 326 g/mol. The number of rotatable bonds is 11. The fraction of sp³-hybridized carbons (Fsp3) is 0.500. The van der Waals surface area contributed by atoms with Crippen molar-refractivity contribution in [1.82, 2.24) is 0 Å². The monoisotopic (exact) mass is 326 g/mol. The lowest BCUT2D eigenvalue weighted by Crippen LogP contribution is -2.19. The number of carbonyl (C=O) groups is 2. The third-order valence-electron chi connectivity index (χ3n) is 2.97. The van der Waals surface area contributed by atoms with Gasteiger partial charge in [-0.1, -0.05) is 12.1 Å². The van der Waals surface area contributed by atoms with E-state index in [0.717, 1.165) is 0 Å². The second-order valence-corrected chi connectivity index (χ2v) is 4.63. The molecular formula is C16H22O7. The zero-order chi connectivity index (χ0) is 17.1. The van der Waals surface area contributed by atoms with Crippen LogP contribution in [0.4, 0.5) is 0 Å². The molecule has 0 amide bonds. The Morgan fingerprint density at radius 2 is 1.87 bits per heavy atom. The fourth-order valence-electron chi connectivity index (χ4n) is 1.86. The first-order valence-corrected chi connectivity index (χ1v) is 7.26. The highest BCUT2D eigenvalue weighted by atomic mass is 16.7. The fourth-order valence-corrected chi connectivity index (χ4v) is 1.86. The smallest absolute Gasteiger partial charge is 0.313 e. The molecule has 0 fully saturated rings. The van der Waals surface area contributed by atoms with Gasteiger partial charge in [0.1, 0.15) is 5.75 Å². The Labute approximate surface area is 135 Å². The molecule has 0 aliphatic carbocycles. The molecule has 1 rings (SSSR count). The van der Waals surface area contributed by atoms with Gasteiger partial charge in [-0.2, -0.15) is 0 Å². The molecule has 1 aromatic carbocycles. The van der Waals surface area contributed by atoms with Crippen molar-refractivity contribution in [2.75, 3.05) is 33.7 Å². The van der Waals surface area contributed by atoms with Crippen LogP contribution in [-0.2, 0) is 23.8 Å². The van der Waals surface area contributed by atoms with Gasteiger partial charge in [0, 0.05) is 7.11 Å². The third-order valence-corrected chi connectivity index (χ3v) is 2.97. The maximum Gasteiger partial charge on any atom is 0.313 e. The van der Waals surface area contributed by atoms with Gasteiger partial charge in [0.15, 0.2) is 6.79 Å². The molecule has 1 aromatic rings. The minimum absolute atomic E-state index is 0.0825. The zero-order valence-corrected chi connectivity index (χ0v) is 13.3. The summed E-state index contributed by atoms with van der Waals surface area (Å²) in [5.41, 5.74) is 0.568. The van der Waals surface area contributed by atoms with Gasteiger partial charge >= 0.3 is 11.9 Å². The van der Waals surface area contributed by atoms with Crippen LogP contribution < -0.4 is 4.74 Å². The van der Waals surface area contributed by atoms with Gasteiger partial charge < -0.3 is 24.1 Å². The number of hydrogen-bond acceptors (Lipinski definition) is 6. The van der Waals surface area contributed by atoms with E-state index in [0.29, 0.717) is 24.5 Å². The molecule has 7 nitrogen and oxygen atoms in total. The number of esters is 1. The summed E-state index contributed by atoms with van der Waals surface area (Å²) in [6.07, 6.45) is -0.320. The van der Waals surface area contributed by atoms with Crippen molar-refractivity contribution in [3.8, 4) is 5.75 Å². The lowest BCUT2D eigenvalue weighted by molar-refractivity contribution is -0.149.